The van der Waals surface area contributed by atoms with Crippen molar-refractivity contribution in [1.82, 2.24) is 19.3 Å². The van der Waals surface area contributed by atoms with Crippen LogP contribution in [0.2, 0.25) is 0 Å². The number of fused-ring (bicyclic) bond motifs is 3. The van der Waals surface area contributed by atoms with Crippen molar-refractivity contribution in [1.29, 1.82) is 0 Å². The second-order valence-corrected chi connectivity index (χ2v) is 13.6. The fourth-order valence-electron chi connectivity index (χ4n) is 6.38. The number of ether oxygens (including phenoxy) is 1. The van der Waals surface area contributed by atoms with Crippen molar-refractivity contribution in [2.24, 2.45) is 0 Å². The number of pyridine rings is 1. The Bertz CT molecular complexity index is 2210. The largest absolute Gasteiger partial charge is 0.457 e. The summed E-state index contributed by atoms with van der Waals surface area (Å²) in [5.41, 5.74) is 10.3. The molecule has 0 radical (unpaired) electrons. The van der Waals surface area contributed by atoms with Crippen molar-refractivity contribution in [3.63, 3.8) is 0 Å². The molecule has 7 aromatic rings. The third kappa shape index (κ3) is 5.36. The van der Waals surface area contributed by atoms with Crippen LogP contribution in [-0.4, -0.2) is 19.3 Å². The SMILES string of the molecule is Cc1cccc(C)c1-c1cnn(-c2cc(Oc3ccc4c5ccccc5n(-c5cc(C(C)C)ccn5)c4c3)cc(C(C)(C)C)c2)c1. The number of aryl methyl sites for hydroxylation is 2. The fourth-order valence-corrected chi connectivity index (χ4v) is 6.38. The third-order valence-corrected chi connectivity index (χ3v) is 8.92. The van der Waals surface area contributed by atoms with Gasteiger partial charge in [0, 0.05) is 40.9 Å². The molecule has 0 fully saturated rings. The highest BCUT2D eigenvalue weighted by atomic mass is 16.5. The number of hydrogen-bond acceptors (Lipinski definition) is 3. The predicted octanol–water partition coefficient (Wildman–Crippen LogP) is 10.9. The summed E-state index contributed by atoms with van der Waals surface area (Å²) >= 11 is 0. The first-order valence-electron chi connectivity index (χ1n) is 16.0. The molecule has 0 aliphatic rings. The zero-order valence-corrected chi connectivity index (χ0v) is 27.7. The van der Waals surface area contributed by atoms with Crippen LogP contribution in [-0.2, 0) is 5.41 Å². The summed E-state index contributed by atoms with van der Waals surface area (Å²) in [6.07, 6.45) is 5.98. The second kappa shape index (κ2) is 11.3. The molecule has 230 valence electrons. The van der Waals surface area contributed by atoms with E-state index in [9.17, 15) is 0 Å². The van der Waals surface area contributed by atoms with Crippen LogP contribution in [0.4, 0.5) is 0 Å². The van der Waals surface area contributed by atoms with E-state index in [4.69, 9.17) is 14.8 Å². The van der Waals surface area contributed by atoms with Crippen molar-refractivity contribution in [2.45, 2.75) is 59.8 Å². The lowest BCUT2D eigenvalue weighted by Gasteiger charge is -2.21. The van der Waals surface area contributed by atoms with Gasteiger partial charge in [-0.25, -0.2) is 9.67 Å². The van der Waals surface area contributed by atoms with Crippen LogP contribution >= 0.6 is 0 Å². The molecule has 4 aromatic carbocycles. The number of nitrogens with zero attached hydrogens (tertiary/aromatic N) is 4. The molecule has 0 spiro atoms. The van der Waals surface area contributed by atoms with Gasteiger partial charge in [-0.2, -0.15) is 5.10 Å². The zero-order chi connectivity index (χ0) is 32.2. The summed E-state index contributed by atoms with van der Waals surface area (Å²) in [7, 11) is 0. The molecule has 0 amide bonds. The number of hydrogen-bond donors (Lipinski definition) is 0. The van der Waals surface area contributed by atoms with Gasteiger partial charge in [-0.3, -0.25) is 4.57 Å². The Kier molecular flexibility index (Phi) is 7.28. The fraction of sp³-hybridized carbons (Fsp3) is 0.220. The van der Waals surface area contributed by atoms with Crippen LogP contribution in [0.3, 0.4) is 0 Å². The van der Waals surface area contributed by atoms with Gasteiger partial charge in [0.2, 0.25) is 0 Å². The molecule has 5 heteroatoms. The molecule has 0 atom stereocenters. The monoisotopic (exact) mass is 604 g/mol. The Hall–Kier alpha value is -5.16. The van der Waals surface area contributed by atoms with Gasteiger partial charge in [0.1, 0.15) is 17.3 Å². The molecule has 0 bridgehead atoms. The third-order valence-electron chi connectivity index (χ3n) is 8.92. The van der Waals surface area contributed by atoms with Gasteiger partial charge >= 0.3 is 0 Å². The number of rotatable bonds is 6. The molecule has 3 heterocycles. The highest BCUT2D eigenvalue weighted by Gasteiger charge is 2.19. The van der Waals surface area contributed by atoms with Gasteiger partial charge in [0.25, 0.3) is 0 Å². The molecule has 0 aliphatic carbocycles. The van der Waals surface area contributed by atoms with E-state index in [1.807, 2.05) is 17.1 Å². The van der Waals surface area contributed by atoms with Crippen molar-refractivity contribution >= 4 is 21.8 Å². The molecule has 0 saturated heterocycles. The van der Waals surface area contributed by atoms with E-state index in [2.05, 4.69) is 150 Å². The summed E-state index contributed by atoms with van der Waals surface area (Å²) in [5.74, 6) is 2.85. The van der Waals surface area contributed by atoms with Crippen LogP contribution in [0.1, 0.15) is 62.8 Å². The maximum Gasteiger partial charge on any atom is 0.137 e. The van der Waals surface area contributed by atoms with Gasteiger partial charge in [0.05, 0.1) is 22.9 Å². The Labute approximate surface area is 271 Å². The summed E-state index contributed by atoms with van der Waals surface area (Å²) in [5, 5.41) is 7.15. The Morgan fingerprint density at radius 2 is 1.50 bits per heavy atom. The molecule has 5 nitrogen and oxygen atoms in total. The van der Waals surface area contributed by atoms with E-state index in [1.165, 1.54) is 38.6 Å². The predicted molar refractivity (Wildman–Crippen MR) is 190 cm³/mol. The van der Waals surface area contributed by atoms with Crippen LogP contribution < -0.4 is 4.74 Å². The van der Waals surface area contributed by atoms with Crippen molar-refractivity contribution in [3.8, 4) is 34.1 Å². The number of benzene rings is 4. The van der Waals surface area contributed by atoms with E-state index in [0.717, 1.165) is 39.6 Å². The average molecular weight is 605 g/mol. The lowest BCUT2D eigenvalue weighted by atomic mass is 9.86. The van der Waals surface area contributed by atoms with Crippen molar-refractivity contribution < 1.29 is 4.74 Å². The van der Waals surface area contributed by atoms with Crippen molar-refractivity contribution in [3.05, 3.63) is 132 Å². The van der Waals surface area contributed by atoms with Gasteiger partial charge in [-0.1, -0.05) is 71.0 Å². The maximum atomic E-state index is 6.69. The summed E-state index contributed by atoms with van der Waals surface area (Å²) in [4.78, 5) is 4.81. The number of para-hydroxylation sites is 1. The van der Waals surface area contributed by atoms with E-state index in [0.29, 0.717) is 5.92 Å². The van der Waals surface area contributed by atoms with Crippen LogP contribution in [0.25, 0.3) is 44.4 Å². The first-order chi connectivity index (χ1) is 22.1. The van der Waals surface area contributed by atoms with Gasteiger partial charge in [0.15, 0.2) is 0 Å². The lowest BCUT2D eigenvalue weighted by Crippen LogP contribution is -2.12. The standard InChI is InChI=1S/C41H40N4O/c1-26(2)29-17-18-42-39(19-29)45-37-14-9-8-13-35(37)36-16-15-33(23-38(36)45)46-34-21-31(41(5,6)7)20-32(22-34)44-25-30(24-43-44)40-27(3)11-10-12-28(40)4/h8-26H,1-7H3. The second-order valence-electron chi connectivity index (χ2n) is 13.6. The maximum absolute atomic E-state index is 6.69. The van der Waals surface area contributed by atoms with E-state index < -0.39 is 0 Å². The quantitative estimate of drug-likeness (QED) is 0.190. The molecular formula is C41H40N4O. The smallest absolute Gasteiger partial charge is 0.137 e. The van der Waals surface area contributed by atoms with Crippen LogP contribution in [0.15, 0.2) is 110 Å². The topological polar surface area (TPSA) is 44.9 Å². The summed E-state index contributed by atoms with van der Waals surface area (Å²) < 4.78 is 10.9. The van der Waals surface area contributed by atoms with Crippen molar-refractivity contribution in [2.75, 3.05) is 0 Å². The van der Waals surface area contributed by atoms with E-state index in [-0.39, 0.29) is 5.41 Å². The highest BCUT2D eigenvalue weighted by molar-refractivity contribution is 6.09. The molecule has 0 saturated carbocycles. The van der Waals surface area contributed by atoms with Crippen LogP contribution in [0.5, 0.6) is 11.5 Å². The molecule has 46 heavy (non-hydrogen) atoms. The Morgan fingerprint density at radius 1 is 0.739 bits per heavy atom. The van der Waals surface area contributed by atoms with E-state index >= 15 is 0 Å². The average Bonchev–Trinajstić information content (AvgIpc) is 3.63. The first kappa shape index (κ1) is 29.5. The normalized spacial score (nSPS) is 12.0. The molecule has 0 N–H and O–H groups in total. The summed E-state index contributed by atoms with van der Waals surface area (Å²) in [6, 6.07) is 32.0. The summed E-state index contributed by atoms with van der Waals surface area (Å²) in [6.45, 7) is 15.4. The zero-order valence-electron chi connectivity index (χ0n) is 27.7. The van der Waals surface area contributed by atoms with Gasteiger partial charge in [-0.15, -0.1) is 0 Å². The molecule has 0 aliphatic heterocycles. The van der Waals surface area contributed by atoms with Gasteiger partial charge in [-0.05, 0) is 95.5 Å². The minimum absolute atomic E-state index is 0.0831. The first-order valence-corrected chi connectivity index (χ1v) is 16.0. The highest BCUT2D eigenvalue weighted by Crippen LogP contribution is 2.37. The molecular weight excluding hydrogens is 564 g/mol. The van der Waals surface area contributed by atoms with Gasteiger partial charge < -0.3 is 4.74 Å². The van der Waals surface area contributed by atoms with Crippen LogP contribution in [0, 0.1) is 13.8 Å². The Balaban J connectivity index is 1.32. The minimum atomic E-state index is -0.0831. The Morgan fingerprint density at radius 3 is 2.26 bits per heavy atom. The van der Waals surface area contributed by atoms with E-state index in [1.54, 1.807) is 0 Å². The minimum Gasteiger partial charge on any atom is -0.457 e. The lowest BCUT2D eigenvalue weighted by molar-refractivity contribution is 0.478. The molecule has 3 aromatic heterocycles. The molecule has 7 rings (SSSR count). The number of aromatic nitrogens is 4. The molecule has 0 unspecified atom stereocenters.